The van der Waals surface area contributed by atoms with Gasteiger partial charge >= 0.3 is 6.98 Å². The lowest BCUT2D eigenvalue weighted by Gasteiger charge is -2.53. The van der Waals surface area contributed by atoms with Crippen LogP contribution in [0.2, 0.25) is 13.6 Å². The molecule has 3 rings (SSSR count). The molecular formula is C19H38B2N4. The number of fused-ring (bicyclic) bond motifs is 3. The van der Waals surface area contributed by atoms with Gasteiger partial charge in [-0.2, -0.15) is 0 Å². The lowest BCUT2D eigenvalue weighted by atomic mass is 9.56. The van der Waals surface area contributed by atoms with E-state index in [0.29, 0.717) is 20.1 Å². The highest BCUT2D eigenvalue weighted by Crippen LogP contribution is 2.43. The smallest absolute Gasteiger partial charge is 0.331 e. The minimum atomic E-state index is 0.103. The van der Waals surface area contributed by atoms with Crippen LogP contribution >= 0.6 is 0 Å². The molecule has 0 N–H and O–H groups in total. The quantitative estimate of drug-likeness (QED) is 0.592. The SMILES string of the molecule is CCC.CCCCCN1B(C)N(C)C2N(B1C)c1cccn1C2(C)C. The van der Waals surface area contributed by atoms with Gasteiger partial charge in [0.25, 0.3) is 6.98 Å². The van der Waals surface area contributed by atoms with Crippen molar-refractivity contribution in [1.29, 1.82) is 0 Å². The standard InChI is InChI=1S/C16H30B2N4.C3H8/c1-7-8-9-13-21-17(4)19(6)15-16(2,3)20-12-10-11-14(20)22(15)18(21)5;1-3-2/h10-12,15H,7-9,13H2,1-6H3;3H2,1-2H3. The molecule has 0 radical (unpaired) electrons. The van der Waals surface area contributed by atoms with Gasteiger partial charge in [-0.15, -0.1) is 0 Å². The number of hydrogen-bond acceptors (Lipinski definition) is 3. The Kier molecular flexibility index (Phi) is 6.72. The van der Waals surface area contributed by atoms with Gasteiger partial charge in [-0.25, -0.2) is 0 Å². The number of rotatable bonds is 4. The van der Waals surface area contributed by atoms with Crippen LogP contribution in [0.5, 0.6) is 0 Å². The molecule has 1 unspecified atom stereocenters. The molecule has 2 aliphatic heterocycles. The Morgan fingerprint density at radius 3 is 2.32 bits per heavy atom. The normalized spacial score (nSPS) is 22.6. The Balaban J connectivity index is 0.000000701. The molecule has 1 fully saturated rings. The van der Waals surface area contributed by atoms with Crippen LogP contribution < -0.4 is 4.81 Å². The van der Waals surface area contributed by atoms with Crippen LogP contribution in [0, 0.1) is 0 Å². The first kappa shape index (κ1) is 20.4. The van der Waals surface area contributed by atoms with Crippen molar-refractivity contribution in [3.05, 3.63) is 18.3 Å². The van der Waals surface area contributed by atoms with Crippen LogP contribution in [0.25, 0.3) is 0 Å². The van der Waals surface area contributed by atoms with Gasteiger partial charge in [0.05, 0.1) is 17.5 Å². The fourth-order valence-electron chi connectivity index (χ4n) is 4.58. The highest BCUT2D eigenvalue weighted by molar-refractivity contribution is 6.73. The second-order valence-electron chi connectivity index (χ2n) is 8.25. The minimum absolute atomic E-state index is 0.103. The molecule has 0 bridgehead atoms. The molecule has 1 saturated heterocycles. The third-order valence-electron chi connectivity index (χ3n) is 5.87. The molecule has 6 heteroatoms. The van der Waals surface area contributed by atoms with Gasteiger partial charge in [0, 0.05) is 6.20 Å². The highest BCUT2D eigenvalue weighted by Gasteiger charge is 2.55. The average molecular weight is 344 g/mol. The molecule has 1 aromatic heterocycles. The summed E-state index contributed by atoms with van der Waals surface area (Å²) in [4.78, 5) is 5.17. The van der Waals surface area contributed by atoms with Crippen LogP contribution in [-0.4, -0.2) is 47.8 Å². The molecule has 25 heavy (non-hydrogen) atoms. The van der Waals surface area contributed by atoms with Crippen molar-refractivity contribution in [2.24, 2.45) is 0 Å². The minimum Gasteiger partial charge on any atom is -0.371 e. The first-order valence-electron chi connectivity index (χ1n) is 10.3. The lowest BCUT2D eigenvalue weighted by molar-refractivity contribution is 0.203. The summed E-state index contributed by atoms with van der Waals surface area (Å²) in [5.41, 5.74) is 0.103. The molecule has 4 nitrogen and oxygen atoms in total. The van der Waals surface area contributed by atoms with E-state index < -0.39 is 0 Å². The van der Waals surface area contributed by atoms with Crippen LogP contribution in [-0.2, 0) is 5.54 Å². The number of anilines is 1. The zero-order valence-electron chi connectivity index (χ0n) is 17.8. The van der Waals surface area contributed by atoms with Crippen molar-refractivity contribution in [2.45, 2.75) is 85.7 Å². The second kappa shape index (κ2) is 8.22. The molecule has 0 saturated carbocycles. The Morgan fingerprint density at radius 2 is 1.72 bits per heavy atom. The van der Waals surface area contributed by atoms with E-state index in [-0.39, 0.29) is 5.54 Å². The Labute approximate surface area is 156 Å². The molecule has 0 aromatic carbocycles. The van der Waals surface area contributed by atoms with E-state index in [2.05, 4.69) is 92.6 Å². The summed E-state index contributed by atoms with van der Waals surface area (Å²) < 4.78 is 5.11. The van der Waals surface area contributed by atoms with E-state index in [0.717, 1.165) is 0 Å². The summed E-state index contributed by atoms with van der Waals surface area (Å²) >= 11 is 0. The molecule has 3 heterocycles. The summed E-state index contributed by atoms with van der Waals surface area (Å²) in [6, 6.07) is 4.45. The summed E-state index contributed by atoms with van der Waals surface area (Å²) in [6.45, 7) is 18.1. The van der Waals surface area contributed by atoms with Crippen molar-refractivity contribution in [3.8, 4) is 0 Å². The second-order valence-corrected chi connectivity index (χ2v) is 8.25. The van der Waals surface area contributed by atoms with Crippen molar-refractivity contribution in [2.75, 3.05) is 18.4 Å². The molecule has 0 spiro atoms. The third kappa shape index (κ3) is 3.52. The largest absolute Gasteiger partial charge is 0.371 e. The van der Waals surface area contributed by atoms with Crippen LogP contribution in [0.15, 0.2) is 18.3 Å². The molecule has 0 aliphatic carbocycles. The molecule has 0 amide bonds. The number of unbranched alkanes of at least 4 members (excludes halogenated alkanes) is 2. The van der Waals surface area contributed by atoms with Crippen LogP contribution in [0.3, 0.4) is 0 Å². The van der Waals surface area contributed by atoms with Crippen LogP contribution in [0.4, 0.5) is 5.82 Å². The van der Waals surface area contributed by atoms with Crippen LogP contribution in [0.1, 0.15) is 60.3 Å². The van der Waals surface area contributed by atoms with Gasteiger partial charge in [-0.1, -0.05) is 53.7 Å². The summed E-state index contributed by atoms with van der Waals surface area (Å²) in [6.07, 6.45) is 7.82. The summed E-state index contributed by atoms with van der Waals surface area (Å²) in [7, 11) is 2.29. The van der Waals surface area contributed by atoms with Crippen molar-refractivity contribution >= 4 is 19.8 Å². The fourth-order valence-corrected chi connectivity index (χ4v) is 4.58. The van der Waals surface area contributed by atoms with Crippen molar-refractivity contribution in [3.63, 3.8) is 0 Å². The van der Waals surface area contributed by atoms with Crippen molar-refractivity contribution in [1.82, 2.24) is 14.1 Å². The monoisotopic (exact) mass is 344 g/mol. The number of hydrogen-bond donors (Lipinski definition) is 0. The highest BCUT2D eigenvalue weighted by atomic mass is 15.5. The predicted molar refractivity (Wildman–Crippen MR) is 113 cm³/mol. The Bertz CT molecular complexity index is 545. The first-order valence-corrected chi connectivity index (χ1v) is 10.3. The predicted octanol–water partition coefficient (Wildman–Crippen LogP) is 4.46. The van der Waals surface area contributed by atoms with E-state index in [1.165, 1.54) is 38.0 Å². The topological polar surface area (TPSA) is 14.7 Å². The van der Waals surface area contributed by atoms with E-state index >= 15 is 0 Å². The number of nitrogens with zero attached hydrogens (tertiary/aromatic N) is 4. The van der Waals surface area contributed by atoms with Gasteiger partial charge in [-0.05, 0) is 46.0 Å². The van der Waals surface area contributed by atoms with Gasteiger partial charge in [0.2, 0.25) is 0 Å². The average Bonchev–Trinajstić information content (AvgIpc) is 3.11. The van der Waals surface area contributed by atoms with Crippen molar-refractivity contribution < 1.29 is 0 Å². The molecule has 1 atom stereocenters. The first-order chi connectivity index (χ1) is 11.8. The van der Waals surface area contributed by atoms with Gasteiger partial charge in [0.1, 0.15) is 0 Å². The summed E-state index contributed by atoms with van der Waals surface area (Å²) in [5, 5.41) is 0. The van der Waals surface area contributed by atoms with E-state index in [1.54, 1.807) is 0 Å². The Hall–Kier alpha value is -0.870. The summed E-state index contributed by atoms with van der Waals surface area (Å²) in [5.74, 6) is 1.36. The maximum absolute atomic E-state index is 2.66. The fraction of sp³-hybridized carbons (Fsp3) is 0.789. The number of aromatic nitrogens is 1. The zero-order valence-corrected chi connectivity index (χ0v) is 17.8. The molecule has 2 aliphatic rings. The van der Waals surface area contributed by atoms with E-state index in [1.807, 2.05) is 0 Å². The molecule has 1 aromatic rings. The lowest BCUT2D eigenvalue weighted by Crippen LogP contribution is -2.74. The molecular weight excluding hydrogens is 306 g/mol. The van der Waals surface area contributed by atoms with Gasteiger partial charge < -0.3 is 18.9 Å². The van der Waals surface area contributed by atoms with E-state index in [4.69, 9.17) is 0 Å². The number of likely N-dealkylation sites (N-methyl/N-ethyl adjacent to an activating group) is 1. The Morgan fingerprint density at radius 1 is 1.08 bits per heavy atom. The van der Waals surface area contributed by atoms with Gasteiger partial charge in [-0.3, -0.25) is 0 Å². The van der Waals surface area contributed by atoms with Gasteiger partial charge in [0.15, 0.2) is 0 Å². The maximum Gasteiger partial charge on any atom is 0.331 e. The maximum atomic E-state index is 2.66. The third-order valence-corrected chi connectivity index (χ3v) is 5.87. The molecule has 140 valence electrons. The van der Waals surface area contributed by atoms with E-state index in [9.17, 15) is 0 Å². The zero-order chi connectivity index (χ0) is 18.8.